The van der Waals surface area contributed by atoms with E-state index in [9.17, 15) is 13.2 Å². The molecule has 78 valence electrons. The first-order valence-electron chi connectivity index (χ1n) is 3.67. The predicted octanol–water partition coefficient (Wildman–Crippen LogP) is 2.81. The van der Waals surface area contributed by atoms with Crippen LogP contribution in [-0.4, -0.2) is 6.36 Å². The van der Waals surface area contributed by atoms with Crippen LogP contribution in [-0.2, 0) is 6.54 Å². The number of hydrogen-bond donors (Lipinski definition) is 1. The van der Waals surface area contributed by atoms with E-state index < -0.39 is 6.36 Å². The molecule has 2 nitrogen and oxygen atoms in total. The first-order chi connectivity index (χ1) is 6.44. The molecule has 0 spiro atoms. The fourth-order valence-electron chi connectivity index (χ4n) is 0.957. The molecule has 0 unspecified atom stereocenters. The summed E-state index contributed by atoms with van der Waals surface area (Å²) in [7, 11) is 0. The van der Waals surface area contributed by atoms with Gasteiger partial charge in [-0.05, 0) is 12.1 Å². The lowest BCUT2D eigenvalue weighted by atomic mass is 10.2. The second kappa shape index (κ2) is 4.18. The Kier molecular flexibility index (Phi) is 3.38. The highest BCUT2D eigenvalue weighted by Gasteiger charge is 2.32. The van der Waals surface area contributed by atoms with E-state index in [-0.39, 0.29) is 12.3 Å². The summed E-state index contributed by atoms with van der Waals surface area (Å²) in [6, 6.07) is 4.27. The first-order valence-corrected chi connectivity index (χ1v) is 4.46. The molecule has 6 heteroatoms. The second-order valence-electron chi connectivity index (χ2n) is 2.47. The van der Waals surface area contributed by atoms with E-state index >= 15 is 0 Å². The molecule has 14 heavy (non-hydrogen) atoms. The molecule has 1 rings (SSSR count). The monoisotopic (exact) mass is 269 g/mol. The zero-order valence-corrected chi connectivity index (χ0v) is 8.52. The summed E-state index contributed by atoms with van der Waals surface area (Å²) >= 11 is 3.09. The molecule has 0 aliphatic rings. The van der Waals surface area contributed by atoms with Gasteiger partial charge in [0.25, 0.3) is 0 Å². The fourth-order valence-corrected chi connectivity index (χ4v) is 1.47. The van der Waals surface area contributed by atoms with Crippen LogP contribution in [0.1, 0.15) is 5.56 Å². The van der Waals surface area contributed by atoms with E-state index in [4.69, 9.17) is 5.73 Å². The number of rotatable bonds is 2. The van der Waals surface area contributed by atoms with Gasteiger partial charge in [-0.3, -0.25) is 0 Å². The van der Waals surface area contributed by atoms with Crippen LogP contribution in [0.3, 0.4) is 0 Å². The SMILES string of the molecule is NCc1c(Br)cccc1OC(F)(F)F. The molecule has 0 saturated heterocycles. The lowest BCUT2D eigenvalue weighted by Gasteiger charge is -2.13. The minimum Gasteiger partial charge on any atom is -0.405 e. The Morgan fingerprint density at radius 2 is 2.00 bits per heavy atom. The van der Waals surface area contributed by atoms with Gasteiger partial charge in [0.1, 0.15) is 5.75 Å². The van der Waals surface area contributed by atoms with E-state index in [1.54, 1.807) is 6.07 Å². The molecule has 0 bridgehead atoms. The molecule has 0 atom stereocenters. The maximum absolute atomic E-state index is 11.9. The number of benzene rings is 1. The molecule has 1 aromatic carbocycles. The topological polar surface area (TPSA) is 35.2 Å². The zero-order valence-electron chi connectivity index (χ0n) is 6.94. The van der Waals surface area contributed by atoms with Gasteiger partial charge in [-0.2, -0.15) is 0 Å². The molecular formula is C8H7BrF3NO. The predicted molar refractivity (Wildman–Crippen MR) is 48.7 cm³/mol. The van der Waals surface area contributed by atoms with Crippen LogP contribution in [0, 0.1) is 0 Å². The summed E-state index contributed by atoms with van der Waals surface area (Å²) in [5, 5.41) is 0. The third-order valence-corrected chi connectivity index (χ3v) is 2.25. The average molecular weight is 270 g/mol. The number of alkyl halides is 3. The standard InChI is InChI=1S/C8H7BrF3NO/c9-6-2-1-3-7(5(6)4-13)14-8(10,11)12/h1-3H,4,13H2. The van der Waals surface area contributed by atoms with E-state index in [0.717, 1.165) is 0 Å². The highest BCUT2D eigenvalue weighted by atomic mass is 79.9. The number of ether oxygens (including phenoxy) is 1. The van der Waals surface area contributed by atoms with Gasteiger partial charge in [-0.15, -0.1) is 13.2 Å². The Balaban J connectivity index is 3.02. The average Bonchev–Trinajstić information content (AvgIpc) is 2.01. The molecular weight excluding hydrogens is 263 g/mol. The summed E-state index contributed by atoms with van der Waals surface area (Å²) in [5.74, 6) is -0.269. The Labute approximate surface area is 87.0 Å². The molecule has 0 saturated carbocycles. The van der Waals surface area contributed by atoms with Crippen LogP contribution in [0.2, 0.25) is 0 Å². The van der Waals surface area contributed by atoms with E-state index in [1.807, 2.05) is 0 Å². The van der Waals surface area contributed by atoms with Crippen LogP contribution in [0.25, 0.3) is 0 Å². The maximum Gasteiger partial charge on any atom is 0.573 e. The van der Waals surface area contributed by atoms with Gasteiger partial charge < -0.3 is 10.5 Å². The van der Waals surface area contributed by atoms with Crippen LogP contribution in [0.15, 0.2) is 22.7 Å². The van der Waals surface area contributed by atoms with Crippen molar-refractivity contribution in [3.63, 3.8) is 0 Å². The van der Waals surface area contributed by atoms with Crippen molar-refractivity contribution in [2.45, 2.75) is 12.9 Å². The molecule has 0 aliphatic carbocycles. The first kappa shape index (κ1) is 11.3. The van der Waals surface area contributed by atoms with E-state index in [1.165, 1.54) is 12.1 Å². The molecule has 2 N–H and O–H groups in total. The Morgan fingerprint density at radius 3 is 2.50 bits per heavy atom. The Bertz CT molecular complexity index is 327. The second-order valence-corrected chi connectivity index (χ2v) is 3.32. The maximum atomic E-state index is 11.9. The van der Waals surface area contributed by atoms with Crippen molar-refractivity contribution in [2.75, 3.05) is 0 Å². The van der Waals surface area contributed by atoms with Crippen LogP contribution < -0.4 is 10.5 Å². The van der Waals surface area contributed by atoms with E-state index in [0.29, 0.717) is 10.0 Å². The summed E-state index contributed by atoms with van der Waals surface area (Å²) in [6.07, 6.45) is -4.69. The summed E-state index contributed by atoms with van der Waals surface area (Å²) in [6.45, 7) is -0.0210. The van der Waals surface area contributed by atoms with Gasteiger partial charge in [0.2, 0.25) is 0 Å². The number of hydrogen-bond acceptors (Lipinski definition) is 2. The number of halogens is 4. The van der Waals surface area contributed by atoms with Gasteiger partial charge >= 0.3 is 6.36 Å². The van der Waals surface area contributed by atoms with Crippen molar-refractivity contribution < 1.29 is 17.9 Å². The Morgan fingerprint density at radius 1 is 1.36 bits per heavy atom. The lowest BCUT2D eigenvalue weighted by Crippen LogP contribution is -2.18. The fraction of sp³-hybridized carbons (Fsp3) is 0.250. The van der Waals surface area contributed by atoms with E-state index in [2.05, 4.69) is 20.7 Å². The van der Waals surface area contributed by atoms with Crippen molar-refractivity contribution in [1.82, 2.24) is 0 Å². The molecule has 0 radical (unpaired) electrons. The van der Waals surface area contributed by atoms with Gasteiger partial charge in [0.05, 0.1) is 0 Å². The normalized spacial score (nSPS) is 11.5. The van der Waals surface area contributed by atoms with Crippen molar-refractivity contribution >= 4 is 15.9 Å². The smallest absolute Gasteiger partial charge is 0.405 e. The third-order valence-electron chi connectivity index (χ3n) is 1.51. The van der Waals surface area contributed by atoms with Crippen LogP contribution in [0.4, 0.5) is 13.2 Å². The van der Waals surface area contributed by atoms with Crippen molar-refractivity contribution in [3.8, 4) is 5.75 Å². The highest BCUT2D eigenvalue weighted by molar-refractivity contribution is 9.10. The molecule has 0 aliphatic heterocycles. The van der Waals surface area contributed by atoms with Crippen molar-refractivity contribution in [2.24, 2.45) is 5.73 Å². The molecule has 0 aromatic heterocycles. The highest BCUT2D eigenvalue weighted by Crippen LogP contribution is 2.30. The lowest BCUT2D eigenvalue weighted by molar-refractivity contribution is -0.274. The minimum absolute atomic E-state index is 0.0210. The largest absolute Gasteiger partial charge is 0.573 e. The molecule has 1 aromatic rings. The van der Waals surface area contributed by atoms with Gasteiger partial charge in [0, 0.05) is 16.6 Å². The zero-order chi connectivity index (χ0) is 10.8. The summed E-state index contributed by atoms with van der Waals surface area (Å²) in [4.78, 5) is 0. The minimum atomic E-state index is -4.69. The van der Waals surface area contributed by atoms with Gasteiger partial charge in [-0.25, -0.2) is 0 Å². The van der Waals surface area contributed by atoms with Crippen molar-refractivity contribution in [3.05, 3.63) is 28.2 Å². The Hall–Kier alpha value is -0.750. The third kappa shape index (κ3) is 2.88. The summed E-state index contributed by atoms with van der Waals surface area (Å²) < 4.78 is 40.0. The van der Waals surface area contributed by atoms with Crippen LogP contribution >= 0.6 is 15.9 Å². The number of nitrogens with two attached hydrogens (primary N) is 1. The molecule has 0 heterocycles. The van der Waals surface area contributed by atoms with Crippen LogP contribution in [0.5, 0.6) is 5.75 Å². The van der Waals surface area contributed by atoms with Crippen molar-refractivity contribution in [1.29, 1.82) is 0 Å². The molecule has 0 fully saturated rings. The summed E-state index contributed by atoms with van der Waals surface area (Å²) in [5.41, 5.74) is 5.59. The van der Waals surface area contributed by atoms with Gasteiger partial charge in [0.15, 0.2) is 0 Å². The van der Waals surface area contributed by atoms with Gasteiger partial charge in [-0.1, -0.05) is 22.0 Å². The quantitative estimate of drug-likeness (QED) is 0.896. The molecule has 0 amide bonds.